The zero-order chi connectivity index (χ0) is 18.6. The Morgan fingerprint density at radius 2 is 2.15 bits per heavy atom. The number of hydrogen-bond acceptors (Lipinski definition) is 5. The van der Waals surface area contributed by atoms with Crippen molar-refractivity contribution in [2.24, 2.45) is 11.7 Å². The largest absolute Gasteiger partial charge is 0.477 e. The predicted octanol–water partition coefficient (Wildman–Crippen LogP) is 1.74. The van der Waals surface area contributed by atoms with E-state index >= 15 is 0 Å². The third kappa shape index (κ3) is 2.74. The van der Waals surface area contributed by atoms with Crippen LogP contribution in [0.5, 0.6) is 0 Å². The maximum Gasteiger partial charge on any atom is 0.341 e. The van der Waals surface area contributed by atoms with Crippen molar-refractivity contribution in [1.29, 1.82) is 0 Å². The number of rotatable bonds is 4. The van der Waals surface area contributed by atoms with E-state index in [0.29, 0.717) is 18.7 Å². The molecule has 1 saturated carbocycles. The van der Waals surface area contributed by atoms with Crippen LogP contribution in [-0.2, 0) is 0 Å². The lowest BCUT2D eigenvalue weighted by Crippen LogP contribution is -2.30. The fraction of sp³-hybridized carbons (Fsp3) is 0.500. The Balaban J connectivity index is 1.86. The molecular formula is C18H21FN4O3. The van der Waals surface area contributed by atoms with Gasteiger partial charge in [0.05, 0.1) is 5.39 Å². The zero-order valence-corrected chi connectivity index (χ0v) is 14.5. The number of halogens is 1. The summed E-state index contributed by atoms with van der Waals surface area (Å²) in [4.78, 5) is 30.1. The Labute approximate surface area is 149 Å². The van der Waals surface area contributed by atoms with E-state index in [-0.39, 0.29) is 34.8 Å². The van der Waals surface area contributed by atoms with Gasteiger partial charge < -0.3 is 20.3 Å². The summed E-state index contributed by atoms with van der Waals surface area (Å²) in [6.45, 7) is 3.22. The molecule has 3 N–H and O–H groups in total. The van der Waals surface area contributed by atoms with Gasteiger partial charge in [0, 0.05) is 31.4 Å². The van der Waals surface area contributed by atoms with Crippen LogP contribution in [0.2, 0.25) is 0 Å². The highest BCUT2D eigenvalue weighted by Crippen LogP contribution is 2.37. The number of aromatic carboxylic acids is 1. The second-order valence-corrected chi connectivity index (χ2v) is 7.33. The molecule has 0 spiro atoms. The van der Waals surface area contributed by atoms with E-state index in [4.69, 9.17) is 5.73 Å². The van der Waals surface area contributed by atoms with Gasteiger partial charge in [0.1, 0.15) is 11.2 Å². The molecule has 26 heavy (non-hydrogen) atoms. The quantitative estimate of drug-likeness (QED) is 0.861. The van der Waals surface area contributed by atoms with Crippen molar-refractivity contribution in [3.63, 3.8) is 0 Å². The standard InChI is InChI=1S/C18H21FN4O3/c1-9(20)10-4-5-22(7-10)17-14(19)6-12-15(24)13(18(25)26)8-23(11-2-3-11)16(12)21-17/h6,8-11H,2-5,7,20H2,1H3,(H,25,26)/t9-,10+/m1/s1. The number of carboxylic acids is 1. The maximum atomic E-state index is 14.7. The van der Waals surface area contributed by atoms with Crippen molar-refractivity contribution < 1.29 is 14.3 Å². The lowest BCUT2D eigenvalue weighted by Gasteiger charge is -2.21. The molecule has 0 amide bonds. The number of carboxylic acid groups (broad SMARTS) is 1. The van der Waals surface area contributed by atoms with E-state index < -0.39 is 17.2 Å². The SMILES string of the molecule is C[C@@H](N)[C@H]1CCN(c2nc3c(cc2F)c(=O)c(C(=O)O)cn3C2CC2)C1. The summed E-state index contributed by atoms with van der Waals surface area (Å²) in [6.07, 6.45) is 3.99. The van der Waals surface area contributed by atoms with Crippen LogP contribution in [0, 0.1) is 11.7 Å². The second kappa shape index (κ2) is 6.05. The molecular weight excluding hydrogens is 339 g/mol. The first-order valence-corrected chi connectivity index (χ1v) is 8.86. The molecule has 0 bridgehead atoms. The van der Waals surface area contributed by atoms with Crippen molar-refractivity contribution in [3.8, 4) is 0 Å². The van der Waals surface area contributed by atoms with Crippen LogP contribution in [0.15, 0.2) is 17.1 Å². The monoisotopic (exact) mass is 360 g/mol. The van der Waals surface area contributed by atoms with Crippen LogP contribution in [-0.4, -0.2) is 39.8 Å². The van der Waals surface area contributed by atoms with E-state index in [9.17, 15) is 19.1 Å². The minimum absolute atomic E-state index is 0.0148. The van der Waals surface area contributed by atoms with Crippen LogP contribution >= 0.6 is 0 Å². The van der Waals surface area contributed by atoms with Crippen molar-refractivity contribution in [2.75, 3.05) is 18.0 Å². The van der Waals surface area contributed by atoms with Gasteiger partial charge in [-0.2, -0.15) is 0 Å². The number of nitrogens with two attached hydrogens (primary N) is 1. The van der Waals surface area contributed by atoms with Gasteiger partial charge in [0.2, 0.25) is 5.43 Å². The smallest absolute Gasteiger partial charge is 0.341 e. The Kier molecular flexibility index (Phi) is 3.95. The van der Waals surface area contributed by atoms with Gasteiger partial charge in [0.25, 0.3) is 0 Å². The van der Waals surface area contributed by atoms with E-state index in [1.807, 2.05) is 11.8 Å². The van der Waals surface area contributed by atoms with Crippen molar-refractivity contribution in [3.05, 3.63) is 33.9 Å². The molecule has 4 rings (SSSR count). The number of pyridine rings is 2. The summed E-state index contributed by atoms with van der Waals surface area (Å²) in [5.41, 5.74) is 5.26. The number of hydrogen-bond donors (Lipinski definition) is 2. The van der Waals surface area contributed by atoms with Gasteiger partial charge in [-0.1, -0.05) is 0 Å². The third-order valence-corrected chi connectivity index (χ3v) is 5.38. The van der Waals surface area contributed by atoms with Gasteiger partial charge in [-0.25, -0.2) is 14.2 Å². The Morgan fingerprint density at radius 1 is 1.42 bits per heavy atom. The predicted molar refractivity (Wildman–Crippen MR) is 95.2 cm³/mol. The molecule has 7 nitrogen and oxygen atoms in total. The molecule has 2 aliphatic rings. The van der Waals surface area contributed by atoms with Crippen LogP contribution in [0.25, 0.3) is 11.0 Å². The van der Waals surface area contributed by atoms with Crippen LogP contribution in [0.4, 0.5) is 10.2 Å². The number of fused-ring (bicyclic) bond motifs is 1. The molecule has 1 aliphatic heterocycles. The van der Waals surface area contributed by atoms with Crippen molar-refractivity contribution in [2.45, 2.75) is 38.3 Å². The van der Waals surface area contributed by atoms with Gasteiger partial charge in [0.15, 0.2) is 11.6 Å². The summed E-state index contributed by atoms with van der Waals surface area (Å²) in [7, 11) is 0. The summed E-state index contributed by atoms with van der Waals surface area (Å²) >= 11 is 0. The first kappa shape index (κ1) is 17.0. The highest BCUT2D eigenvalue weighted by atomic mass is 19.1. The lowest BCUT2D eigenvalue weighted by atomic mass is 10.0. The highest BCUT2D eigenvalue weighted by molar-refractivity contribution is 5.92. The number of anilines is 1. The molecule has 2 fully saturated rings. The molecule has 0 aromatic carbocycles. The molecule has 2 atom stereocenters. The highest BCUT2D eigenvalue weighted by Gasteiger charge is 2.31. The molecule has 138 valence electrons. The molecule has 8 heteroatoms. The molecule has 1 saturated heterocycles. The fourth-order valence-corrected chi connectivity index (χ4v) is 3.65. The van der Waals surface area contributed by atoms with Gasteiger partial charge >= 0.3 is 5.97 Å². The van der Waals surface area contributed by atoms with E-state index in [2.05, 4.69) is 4.98 Å². The Morgan fingerprint density at radius 3 is 2.73 bits per heavy atom. The first-order chi connectivity index (χ1) is 12.4. The van der Waals surface area contributed by atoms with Crippen LogP contribution < -0.4 is 16.1 Å². The van der Waals surface area contributed by atoms with Gasteiger partial charge in [-0.05, 0) is 38.2 Å². The van der Waals surface area contributed by atoms with E-state index in [1.165, 1.54) is 6.20 Å². The molecule has 0 unspecified atom stereocenters. The number of carbonyl (C=O) groups is 1. The summed E-state index contributed by atoms with van der Waals surface area (Å²) < 4.78 is 16.4. The normalized spacial score (nSPS) is 21.3. The van der Waals surface area contributed by atoms with Crippen molar-refractivity contribution in [1.82, 2.24) is 9.55 Å². The summed E-state index contributed by atoms with van der Waals surface area (Å²) in [5.74, 6) is -1.44. The van der Waals surface area contributed by atoms with Gasteiger partial charge in [-0.15, -0.1) is 0 Å². The average Bonchev–Trinajstić information content (AvgIpc) is 3.30. The summed E-state index contributed by atoms with van der Waals surface area (Å²) in [5, 5.41) is 9.30. The first-order valence-electron chi connectivity index (χ1n) is 8.86. The van der Waals surface area contributed by atoms with Crippen molar-refractivity contribution >= 4 is 22.8 Å². The second-order valence-electron chi connectivity index (χ2n) is 7.33. The molecule has 3 heterocycles. The van der Waals surface area contributed by atoms with Gasteiger partial charge in [-0.3, -0.25) is 4.79 Å². The minimum atomic E-state index is -1.31. The topological polar surface area (TPSA) is 101 Å². The zero-order valence-electron chi connectivity index (χ0n) is 14.5. The molecule has 2 aromatic rings. The third-order valence-electron chi connectivity index (χ3n) is 5.38. The Hall–Kier alpha value is -2.48. The number of nitrogens with zero attached hydrogens (tertiary/aromatic N) is 3. The minimum Gasteiger partial charge on any atom is -0.477 e. The molecule has 1 aliphatic carbocycles. The lowest BCUT2D eigenvalue weighted by molar-refractivity contribution is 0.0695. The van der Waals surface area contributed by atoms with E-state index in [1.54, 1.807) is 4.57 Å². The van der Waals surface area contributed by atoms with Crippen LogP contribution in [0.3, 0.4) is 0 Å². The molecule has 2 aromatic heterocycles. The Bertz CT molecular complexity index is 952. The molecule has 0 radical (unpaired) electrons. The maximum absolute atomic E-state index is 14.7. The fourth-order valence-electron chi connectivity index (χ4n) is 3.65. The van der Waals surface area contributed by atoms with E-state index in [0.717, 1.165) is 25.3 Å². The average molecular weight is 360 g/mol. The van der Waals surface area contributed by atoms with Crippen LogP contribution in [0.1, 0.15) is 42.6 Å². The number of aromatic nitrogens is 2. The summed E-state index contributed by atoms with van der Waals surface area (Å²) in [6, 6.07) is 1.26.